The number of rotatable bonds is 5. The van der Waals surface area contributed by atoms with Gasteiger partial charge >= 0.3 is 0 Å². The molecule has 0 unspecified atom stereocenters. The third kappa shape index (κ3) is 3.83. The lowest BCUT2D eigenvalue weighted by molar-refractivity contribution is 0.0785. The Kier molecular flexibility index (Phi) is 5.13. The molecule has 3 aromatic carbocycles. The molecule has 156 valence electrons. The van der Waals surface area contributed by atoms with Crippen molar-refractivity contribution in [3.05, 3.63) is 103 Å². The topological polar surface area (TPSA) is 76.8 Å². The number of hydrogen-bond acceptors (Lipinski definition) is 5. The second kappa shape index (κ2) is 8.39. The van der Waals surface area contributed by atoms with Crippen LogP contribution in [0.4, 0.5) is 0 Å². The first kappa shape index (κ1) is 19.6. The number of benzene rings is 3. The van der Waals surface area contributed by atoms with Gasteiger partial charge in [0.2, 0.25) is 0 Å². The van der Waals surface area contributed by atoms with E-state index in [1.807, 2.05) is 78.9 Å². The van der Waals surface area contributed by atoms with Crippen molar-refractivity contribution < 1.29 is 4.79 Å². The average Bonchev–Trinajstić information content (AvgIpc) is 3.39. The molecule has 0 aliphatic rings. The lowest BCUT2D eigenvalue weighted by atomic mass is 9.97. The zero-order valence-electron chi connectivity index (χ0n) is 17.5. The molecular weight excluding hydrogens is 400 g/mol. The maximum absolute atomic E-state index is 13.4. The smallest absolute Gasteiger partial charge is 0.253 e. The third-order valence-corrected chi connectivity index (χ3v) is 5.34. The van der Waals surface area contributed by atoms with Crippen molar-refractivity contribution >= 4 is 16.8 Å². The molecule has 0 N–H and O–H groups in total. The van der Waals surface area contributed by atoms with Crippen molar-refractivity contribution in [2.75, 3.05) is 7.05 Å². The van der Waals surface area contributed by atoms with Gasteiger partial charge in [0.1, 0.15) is 6.33 Å². The standard InChI is InChI=1S/C25H20N6O/c1-30(16-18-7-3-2-4-8-18)25(32)20-13-19(14-21(15-20)31-17-27-28-29-31)22-9-5-11-24-23(22)10-6-12-26-24/h2-15,17H,16H2,1H3. The Balaban J connectivity index is 1.60. The molecular formula is C25H20N6O. The number of amides is 1. The second-order valence-electron chi connectivity index (χ2n) is 7.55. The lowest BCUT2D eigenvalue weighted by Crippen LogP contribution is -2.26. The molecule has 5 rings (SSSR count). The molecule has 0 spiro atoms. The van der Waals surface area contributed by atoms with E-state index in [9.17, 15) is 4.79 Å². The molecule has 0 aliphatic heterocycles. The summed E-state index contributed by atoms with van der Waals surface area (Å²) in [5, 5.41) is 12.5. The number of carbonyl (C=O) groups excluding carboxylic acids is 1. The van der Waals surface area contributed by atoms with Crippen LogP contribution in [0, 0.1) is 0 Å². The van der Waals surface area contributed by atoms with Crippen molar-refractivity contribution in [2.45, 2.75) is 6.54 Å². The van der Waals surface area contributed by atoms with E-state index in [1.165, 1.54) is 6.33 Å². The normalized spacial score (nSPS) is 10.9. The minimum absolute atomic E-state index is 0.0802. The Morgan fingerprint density at radius 1 is 0.969 bits per heavy atom. The van der Waals surface area contributed by atoms with E-state index in [0.717, 1.165) is 27.6 Å². The van der Waals surface area contributed by atoms with Gasteiger partial charge < -0.3 is 4.90 Å². The van der Waals surface area contributed by atoms with Gasteiger partial charge in [-0.25, -0.2) is 4.68 Å². The van der Waals surface area contributed by atoms with E-state index in [-0.39, 0.29) is 5.91 Å². The molecule has 7 heteroatoms. The fraction of sp³-hybridized carbons (Fsp3) is 0.0800. The highest BCUT2D eigenvalue weighted by Crippen LogP contribution is 2.30. The molecule has 0 radical (unpaired) electrons. The molecule has 7 nitrogen and oxygen atoms in total. The monoisotopic (exact) mass is 420 g/mol. The lowest BCUT2D eigenvalue weighted by Gasteiger charge is -2.19. The van der Waals surface area contributed by atoms with Gasteiger partial charge in [-0.05, 0) is 57.4 Å². The van der Waals surface area contributed by atoms with Crippen LogP contribution in [-0.4, -0.2) is 43.0 Å². The summed E-state index contributed by atoms with van der Waals surface area (Å²) >= 11 is 0. The van der Waals surface area contributed by atoms with Gasteiger partial charge in [-0.3, -0.25) is 9.78 Å². The Hall–Kier alpha value is -4.39. The van der Waals surface area contributed by atoms with Crippen LogP contribution in [0.15, 0.2) is 91.4 Å². The van der Waals surface area contributed by atoms with E-state index < -0.39 is 0 Å². The molecule has 5 aromatic rings. The Morgan fingerprint density at radius 3 is 2.66 bits per heavy atom. The fourth-order valence-electron chi connectivity index (χ4n) is 3.81. The van der Waals surface area contributed by atoms with Crippen LogP contribution in [0.25, 0.3) is 27.7 Å². The SMILES string of the molecule is CN(Cc1ccccc1)C(=O)c1cc(-c2cccc3ncccc23)cc(-n2cnnn2)c1. The summed E-state index contributed by atoms with van der Waals surface area (Å²) in [5.74, 6) is -0.0802. The highest BCUT2D eigenvalue weighted by Gasteiger charge is 2.16. The minimum atomic E-state index is -0.0802. The van der Waals surface area contributed by atoms with Crippen LogP contribution >= 0.6 is 0 Å². The minimum Gasteiger partial charge on any atom is -0.337 e. The Labute approximate surface area is 185 Å². The Bertz CT molecular complexity index is 1380. The second-order valence-corrected chi connectivity index (χ2v) is 7.55. The van der Waals surface area contributed by atoms with E-state index >= 15 is 0 Å². The number of fused-ring (bicyclic) bond motifs is 1. The van der Waals surface area contributed by atoms with Gasteiger partial charge in [-0.15, -0.1) is 5.10 Å². The molecule has 0 atom stereocenters. The summed E-state index contributed by atoms with van der Waals surface area (Å²) in [6.45, 7) is 0.516. The van der Waals surface area contributed by atoms with Crippen LogP contribution in [-0.2, 0) is 6.54 Å². The zero-order chi connectivity index (χ0) is 21.9. The van der Waals surface area contributed by atoms with E-state index in [2.05, 4.69) is 20.5 Å². The van der Waals surface area contributed by atoms with Crippen molar-refractivity contribution in [1.29, 1.82) is 0 Å². The molecule has 1 amide bonds. The average molecular weight is 420 g/mol. The number of pyridine rings is 1. The number of carbonyl (C=O) groups is 1. The van der Waals surface area contributed by atoms with Gasteiger partial charge in [0.15, 0.2) is 0 Å². The van der Waals surface area contributed by atoms with Crippen molar-refractivity contribution in [1.82, 2.24) is 30.1 Å². The van der Waals surface area contributed by atoms with Crippen molar-refractivity contribution in [3.8, 4) is 16.8 Å². The first-order chi connectivity index (χ1) is 15.7. The van der Waals surface area contributed by atoms with Crippen LogP contribution in [0.5, 0.6) is 0 Å². The van der Waals surface area contributed by atoms with Crippen LogP contribution in [0.2, 0.25) is 0 Å². The highest BCUT2D eigenvalue weighted by molar-refractivity contribution is 5.99. The number of nitrogens with zero attached hydrogens (tertiary/aromatic N) is 6. The van der Waals surface area contributed by atoms with E-state index in [1.54, 1.807) is 22.8 Å². The van der Waals surface area contributed by atoms with Crippen LogP contribution < -0.4 is 0 Å². The molecule has 0 fully saturated rings. The highest BCUT2D eigenvalue weighted by atomic mass is 16.2. The van der Waals surface area contributed by atoms with Gasteiger partial charge in [-0.1, -0.05) is 48.5 Å². The molecule has 2 aromatic heterocycles. The summed E-state index contributed by atoms with van der Waals surface area (Å²) in [5.41, 5.74) is 5.13. The Morgan fingerprint density at radius 2 is 1.84 bits per heavy atom. The third-order valence-electron chi connectivity index (χ3n) is 5.34. The number of tetrazole rings is 1. The van der Waals surface area contributed by atoms with E-state index in [4.69, 9.17) is 0 Å². The van der Waals surface area contributed by atoms with Crippen LogP contribution in [0.1, 0.15) is 15.9 Å². The summed E-state index contributed by atoms with van der Waals surface area (Å²) in [6, 6.07) is 25.6. The first-order valence-corrected chi connectivity index (χ1v) is 10.2. The predicted octanol–water partition coefficient (Wildman–Crippen LogP) is 4.15. The summed E-state index contributed by atoms with van der Waals surface area (Å²) < 4.78 is 1.56. The number of aromatic nitrogens is 5. The van der Waals surface area contributed by atoms with Crippen molar-refractivity contribution in [3.63, 3.8) is 0 Å². The summed E-state index contributed by atoms with van der Waals surface area (Å²) in [6.07, 6.45) is 3.29. The predicted molar refractivity (Wildman–Crippen MR) is 122 cm³/mol. The fourth-order valence-corrected chi connectivity index (χ4v) is 3.81. The van der Waals surface area contributed by atoms with Gasteiger partial charge in [0.05, 0.1) is 11.2 Å². The quantitative estimate of drug-likeness (QED) is 0.427. The van der Waals surface area contributed by atoms with Gasteiger partial charge in [-0.2, -0.15) is 0 Å². The summed E-state index contributed by atoms with van der Waals surface area (Å²) in [4.78, 5) is 19.5. The van der Waals surface area contributed by atoms with Crippen LogP contribution in [0.3, 0.4) is 0 Å². The summed E-state index contributed by atoms with van der Waals surface area (Å²) in [7, 11) is 1.81. The molecule has 0 saturated carbocycles. The first-order valence-electron chi connectivity index (χ1n) is 10.2. The molecule has 2 heterocycles. The molecule has 0 aliphatic carbocycles. The molecule has 32 heavy (non-hydrogen) atoms. The molecule has 0 saturated heterocycles. The zero-order valence-corrected chi connectivity index (χ0v) is 17.5. The maximum Gasteiger partial charge on any atom is 0.253 e. The largest absolute Gasteiger partial charge is 0.337 e. The van der Waals surface area contributed by atoms with Gasteiger partial charge in [0, 0.05) is 30.7 Å². The van der Waals surface area contributed by atoms with E-state index in [0.29, 0.717) is 17.8 Å². The van der Waals surface area contributed by atoms with Crippen molar-refractivity contribution in [2.24, 2.45) is 0 Å². The number of hydrogen-bond donors (Lipinski definition) is 0. The van der Waals surface area contributed by atoms with Gasteiger partial charge in [0.25, 0.3) is 5.91 Å². The molecule has 0 bridgehead atoms. The maximum atomic E-state index is 13.4.